The number of nitrogens with one attached hydrogen (secondary N) is 1. The molecule has 1 N–H and O–H groups in total. The third kappa shape index (κ3) is 4.74. The van der Waals surface area contributed by atoms with Gasteiger partial charge in [-0.1, -0.05) is 42.8 Å². The maximum Gasteiger partial charge on any atom is 0.234 e. The number of unbranched alkanes of at least 4 members (excludes halogenated alkanes) is 1. The number of anilines is 1. The molecule has 0 spiro atoms. The van der Waals surface area contributed by atoms with Crippen LogP contribution in [-0.4, -0.2) is 26.4 Å². The highest BCUT2D eigenvalue weighted by atomic mass is 35.5. The second kappa shape index (κ2) is 9.08. The fraction of sp³-hybridized carbons (Fsp3) is 0.471. The Labute approximate surface area is 152 Å². The Hall–Kier alpha value is -1.53. The number of nitrogens with zero attached hydrogens (tertiary/aromatic N) is 3. The number of hydrogen-bond donors (Lipinski definition) is 1. The van der Waals surface area contributed by atoms with Crippen molar-refractivity contribution in [2.45, 2.75) is 51.7 Å². The van der Waals surface area contributed by atoms with E-state index in [1.807, 2.05) is 25.1 Å². The quantitative estimate of drug-likeness (QED) is 0.706. The monoisotopic (exact) mass is 366 g/mol. The van der Waals surface area contributed by atoms with Gasteiger partial charge in [-0.15, -0.1) is 10.2 Å². The second-order valence-electron chi connectivity index (χ2n) is 5.50. The summed E-state index contributed by atoms with van der Waals surface area (Å²) in [5, 5.41) is 12.8. The molecule has 1 amide bonds. The molecule has 0 fully saturated rings. The average molecular weight is 367 g/mol. The van der Waals surface area contributed by atoms with Gasteiger partial charge in [0.1, 0.15) is 5.82 Å². The first-order chi connectivity index (χ1) is 11.6. The van der Waals surface area contributed by atoms with Crippen LogP contribution in [0.5, 0.6) is 0 Å². The van der Waals surface area contributed by atoms with E-state index in [1.54, 1.807) is 0 Å². The van der Waals surface area contributed by atoms with E-state index in [9.17, 15) is 4.79 Å². The number of benzene rings is 1. The lowest BCUT2D eigenvalue weighted by molar-refractivity contribution is -0.113. The SMILES string of the molecule is CCCCc1nnc(SCC(=O)Nc2cccc(Cl)c2C)n1CC. The number of rotatable bonds is 8. The van der Waals surface area contributed by atoms with Crippen molar-refractivity contribution in [2.24, 2.45) is 0 Å². The van der Waals surface area contributed by atoms with E-state index >= 15 is 0 Å². The van der Waals surface area contributed by atoms with Crippen molar-refractivity contribution in [1.82, 2.24) is 14.8 Å². The van der Waals surface area contributed by atoms with Crippen LogP contribution in [0.3, 0.4) is 0 Å². The lowest BCUT2D eigenvalue weighted by Crippen LogP contribution is -2.15. The van der Waals surface area contributed by atoms with Crippen molar-refractivity contribution in [3.63, 3.8) is 0 Å². The summed E-state index contributed by atoms with van der Waals surface area (Å²) in [6.07, 6.45) is 3.14. The van der Waals surface area contributed by atoms with Gasteiger partial charge in [-0.3, -0.25) is 4.79 Å². The van der Waals surface area contributed by atoms with Crippen LogP contribution in [0.1, 0.15) is 38.1 Å². The number of carbonyl (C=O) groups is 1. The summed E-state index contributed by atoms with van der Waals surface area (Å²) in [6, 6.07) is 5.48. The fourth-order valence-corrected chi connectivity index (χ4v) is 3.32. The van der Waals surface area contributed by atoms with E-state index in [4.69, 9.17) is 11.6 Å². The van der Waals surface area contributed by atoms with Crippen molar-refractivity contribution in [3.8, 4) is 0 Å². The number of thioether (sulfide) groups is 1. The molecule has 5 nitrogen and oxygen atoms in total. The number of hydrogen-bond acceptors (Lipinski definition) is 4. The Morgan fingerprint density at radius 1 is 1.33 bits per heavy atom. The van der Waals surface area contributed by atoms with Crippen molar-refractivity contribution in [1.29, 1.82) is 0 Å². The zero-order valence-corrected chi connectivity index (χ0v) is 15.9. The molecule has 7 heteroatoms. The van der Waals surface area contributed by atoms with E-state index in [0.29, 0.717) is 5.02 Å². The zero-order valence-electron chi connectivity index (χ0n) is 14.3. The van der Waals surface area contributed by atoms with Gasteiger partial charge in [0.05, 0.1) is 5.75 Å². The summed E-state index contributed by atoms with van der Waals surface area (Å²) in [4.78, 5) is 12.2. The minimum absolute atomic E-state index is 0.0777. The Balaban J connectivity index is 1.96. The molecule has 130 valence electrons. The van der Waals surface area contributed by atoms with Gasteiger partial charge >= 0.3 is 0 Å². The largest absolute Gasteiger partial charge is 0.325 e. The van der Waals surface area contributed by atoms with Gasteiger partial charge in [0.15, 0.2) is 5.16 Å². The molecular formula is C17H23ClN4OS. The highest BCUT2D eigenvalue weighted by molar-refractivity contribution is 7.99. The van der Waals surface area contributed by atoms with Gasteiger partial charge in [0, 0.05) is 23.7 Å². The molecule has 2 rings (SSSR count). The van der Waals surface area contributed by atoms with Crippen LogP contribution < -0.4 is 5.32 Å². The maximum atomic E-state index is 12.2. The third-order valence-corrected chi connectivity index (χ3v) is 5.11. The highest BCUT2D eigenvalue weighted by Crippen LogP contribution is 2.24. The number of aromatic nitrogens is 3. The van der Waals surface area contributed by atoms with E-state index in [0.717, 1.165) is 48.0 Å². The van der Waals surface area contributed by atoms with Crippen LogP contribution in [0.15, 0.2) is 23.4 Å². The molecule has 0 saturated carbocycles. The van der Waals surface area contributed by atoms with Gasteiger partial charge in [-0.05, 0) is 38.0 Å². The van der Waals surface area contributed by atoms with E-state index < -0.39 is 0 Å². The molecule has 0 atom stereocenters. The zero-order chi connectivity index (χ0) is 17.5. The first-order valence-electron chi connectivity index (χ1n) is 8.16. The molecule has 1 heterocycles. The normalized spacial score (nSPS) is 10.8. The molecule has 1 aromatic carbocycles. The van der Waals surface area contributed by atoms with E-state index in [2.05, 4.69) is 33.9 Å². The van der Waals surface area contributed by atoms with E-state index in [-0.39, 0.29) is 11.7 Å². The summed E-state index contributed by atoms with van der Waals surface area (Å²) >= 11 is 7.48. The van der Waals surface area contributed by atoms with Crippen LogP contribution in [0, 0.1) is 6.92 Å². The average Bonchev–Trinajstić information content (AvgIpc) is 2.97. The lowest BCUT2D eigenvalue weighted by atomic mass is 10.2. The smallest absolute Gasteiger partial charge is 0.234 e. The number of amides is 1. The molecule has 2 aromatic rings. The van der Waals surface area contributed by atoms with Crippen molar-refractivity contribution < 1.29 is 4.79 Å². The van der Waals surface area contributed by atoms with Crippen LogP contribution in [0.4, 0.5) is 5.69 Å². The summed E-state index contributed by atoms with van der Waals surface area (Å²) < 4.78 is 2.08. The van der Waals surface area contributed by atoms with Crippen LogP contribution in [0.25, 0.3) is 0 Å². The molecule has 0 aliphatic heterocycles. The Morgan fingerprint density at radius 2 is 2.12 bits per heavy atom. The first-order valence-corrected chi connectivity index (χ1v) is 9.53. The van der Waals surface area contributed by atoms with Gasteiger partial charge in [-0.2, -0.15) is 0 Å². The second-order valence-corrected chi connectivity index (χ2v) is 6.85. The minimum Gasteiger partial charge on any atom is -0.325 e. The van der Waals surface area contributed by atoms with Crippen LogP contribution in [-0.2, 0) is 17.8 Å². The molecule has 0 unspecified atom stereocenters. The number of aryl methyl sites for hydroxylation is 1. The molecule has 1 aromatic heterocycles. The summed E-state index contributed by atoms with van der Waals surface area (Å²) in [5.41, 5.74) is 1.62. The summed E-state index contributed by atoms with van der Waals surface area (Å²) in [6.45, 7) is 6.92. The highest BCUT2D eigenvalue weighted by Gasteiger charge is 2.13. The van der Waals surface area contributed by atoms with Crippen molar-refractivity contribution >= 4 is 35.0 Å². The topological polar surface area (TPSA) is 59.8 Å². The van der Waals surface area contributed by atoms with Gasteiger partial charge in [-0.25, -0.2) is 0 Å². The minimum atomic E-state index is -0.0777. The Morgan fingerprint density at radius 3 is 2.83 bits per heavy atom. The van der Waals surface area contributed by atoms with Crippen molar-refractivity contribution in [2.75, 3.05) is 11.1 Å². The Bertz CT molecular complexity index is 702. The van der Waals surface area contributed by atoms with Crippen LogP contribution in [0.2, 0.25) is 5.02 Å². The fourth-order valence-electron chi connectivity index (χ4n) is 2.32. The molecule has 0 aliphatic carbocycles. The standard InChI is InChI=1S/C17H23ClN4OS/c1-4-6-10-15-20-21-17(22(15)5-2)24-11-16(23)19-14-9-7-8-13(18)12(14)3/h7-9H,4-6,10-11H2,1-3H3,(H,19,23). The first kappa shape index (κ1) is 18.8. The maximum absolute atomic E-state index is 12.2. The third-order valence-electron chi connectivity index (χ3n) is 3.74. The molecule has 0 bridgehead atoms. The molecule has 24 heavy (non-hydrogen) atoms. The van der Waals surface area contributed by atoms with Gasteiger partial charge in [0.2, 0.25) is 5.91 Å². The van der Waals surface area contributed by atoms with Crippen LogP contribution >= 0.6 is 23.4 Å². The number of carbonyl (C=O) groups excluding carboxylic acids is 1. The van der Waals surface area contributed by atoms with Gasteiger partial charge in [0.25, 0.3) is 0 Å². The molecule has 0 aliphatic rings. The molecular weight excluding hydrogens is 344 g/mol. The van der Waals surface area contributed by atoms with E-state index in [1.165, 1.54) is 11.8 Å². The predicted octanol–water partition coefficient (Wildman–Crippen LogP) is 4.33. The molecule has 0 saturated heterocycles. The predicted molar refractivity (Wildman–Crippen MR) is 99.9 cm³/mol. The number of halogens is 1. The Kier molecular flexibility index (Phi) is 7.12. The summed E-state index contributed by atoms with van der Waals surface area (Å²) in [7, 11) is 0. The molecule has 0 radical (unpaired) electrons. The summed E-state index contributed by atoms with van der Waals surface area (Å²) in [5.74, 6) is 1.21. The van der Waals surface area contributed by atoms with Crippen molar-refractivity contribution in [3.05, 3.63) is 34.6 Å². The lowest BCUT2D eigenvalue weighted by Gasteiger charge is -2.10. The van der Waals surface area contributed by atoms with Gasteiger partial charge < -0.3 is 9.88 Å².